The first-order valence-electron chi connectivity index (χ1n) is 13.2. The highest BCUT2D eigenvalue weighted by Gasteiger charge is 2.24. The van der Waals surface area contributed by atoms with E-state index in [1.54, 1.807) is 0 Å². The molecule has 0 unspecified atom stereocenters. The average Bonchev–Trinajstić information content (AvgIpc) is 2.84. The van der Waals surface area contributed by atoms with Gasteiger partial charge < -0.3 is 0 Å². The van der Waals surface area contributed by atoms with Crippen LogP contribution < -0.4 is 0 Å². The minimum Gasteiger partial charge on any atom is -0.155 e. The van der Waals surface area contributed by atoms with Crippen LogP contribution in [-0.4, -0.2) is 10.2 Å². The Morgan fingerprint density at radius 2 is 1.29 bits per heavy atom. The van der Waals surface area contributed by atoms with Crippen molar-refractivity contribution in [3.05, 3.63) is 47.7 Å². The predicted octanol–water partition coefficient (Wildman–Crippen LogP) is 8.68. The number of aromatic nitrogens is 2. The first-order chi connectivity index (χ1) is 15.3. The van der Waals surface area contributed by atoms with E-state index in [0.29, 0.717) is 5.92 Å². The second-order valence-corrected chi connectivity index (χ2v) is 10.3. The van der Waals surface area contributed by atoms with E-state index in [-0.39, 0.29) is 0 Å². The minimum absolute atomic E-state index is 0.615. The van der Waals surface area contributed by atoms with Crippen molar-refractivity contribution in [2.75, 3.05) is 0 Å². The van der Waals surface area contributed by atoms with Crippen molar-refractivity contribution in [3.8, 4) is 11.3 Å². The van der Waals surface area contributed by atoms with Gasteiger partial charge in [-0.25, -0.2) is 0 Å². The van der Waals surface area contributed by atoms with Crippen LogP contribution in [0, 0.1) is 11.8 Å². The number of hydrogen-bond acceptors (Lipinski definition) is 2. The Hall–Kier alpha value is -1.70. The van der Waals surface area contributed by atoms with Gasteiger partial charge in [-0.15, -0.1) is 0 Å². The molecule has 2 saturated carbocycles. The lowest BCUT2D eigenvalue weighted by molar-refractivity contribution is 0.304. The monoisotopic (exact) mass is 418 g/mol. The first kappa shape index (κ1) is 22.5. The van der Waals surface area contributed by atoms with Crippen LogP contribution in [0.25, 0.3) is 11.3 Å². The molecule has 2 heteroatoms. The molecule has 168 valence electrons. The minimum atomic E-state index is 0.615. The Bertz CT molecular complexity index is 763. The lowest BCUT2D eigenvalue weighted by Crippen LogP contribution is -2.14. The van der Waals surface area contributed by atoms with Gasteiger partial charge in [0.25, 0.3) is 0 Å². The quantitative estimate of drug-likeness (QED) is 0.428. The summed E-state index contributed by atoms with van der Waals surface area (Å²) in [4.78, 5) is 0. The van der Waals surface area contributed by atoms with Crippen LogP contribution in [0.3, 0.4) is 0 Å². The third-order valence-corrected chi connectivity index (χ3v) is 8.14. The van der Waals surface area contributed by atoms with Crippen molar-refractivity contribution in [1.82, 2.24) is 10.2 Å². The Balaban J connectivity index is 1.31. The van der Waals surface area contributed by atoms with Crippen LogP contribution in [-0.2, 0) is 0 Å². The summed E-state index contributed by atoms with van der Waals surface area (Å²) in [5.41, 5.74) is 4.94. The highest BCUT2D eigenvalue weighted by atomic mass is 15.1. The van der Waals surface area contributed by atoms with E-state index in [0.717, 1.165) is 23.4 Å². The zero-order valence-corrected chi connectivity index (χ0v) is 19.9. The zero-order valence-electron chi connectivity index (χ0n) is 19.9. The smallest absolute Gasteiger partial charge is 0.0929 e. The van der Waals surface area contributed by atoms with Gasteiger partial charge in [0.2, 0.25) is 0 Å². The molecular formula is C29H42N2. The van der Waals surface area contributed by atoms with E-state index in [1.807, 2.05) is 0 Å². The molecule has 0 radical (unpaired) electrons. The summed E-state index contributed by atoms with van der Waals surface area (Å²) in [6.45, 7) is 4.62. The molecule has 4 rings (SSSR count). The molecule has 31 heavy (non-hydrogen) atoms. The molecule has 0 atom stereocenters. The van der Waals surface area contributed by atoms with Gasteiger partial charge in [0.1, 0.15) is 0 Å². The molecule has 1 aromatic carbocycles. The van der Waals surface area contributed by atoms with Gasteiger partial charge in [0, 0.05) is 11.5 Å². The number of nitrogens with zero attached hydrogens (tertiary/aromatic N) is 2. The molecule has 2 nitrogen and oxygen atoms in total. The Morgan fingerprint density at radius 3 is 1.87 bits per heavy atom. The topological polar surface area (TPSA) is 25.8 Å². The number of rotatable bonds is 8. The Labute approximate surface area is 190 Å². The fourth-order valence-electron chi connectivity index (χ4n) is 6.07. The van der Waals surface area contributed by atoms with Crippen molar-refractivity contribution in [3.63, 3.8) is 0 Å². The highest BCUT2D eigenvalue weighted by molar-refractivity contribution is 5.59. The molecule has 2 aliphatic rings. The van der Waals surface area contributed by atoms with Crippen molar-refractivity contribution < 1.29 is 0 Å². The highest BCUT2D eigenvalue weighted by Crippen LogP contribution is 2.39. The van der Waals surface area contributed by atoms with E-state index >= 15 is 0 Å². The predicted molar refractivity (Wildman–Crippen MR) is 131 cm³/mol. The Morgan fingerprint density at radius 1 is 0.645 bits per heavy atom. The molecule has 1 heterocycles. The third kappa shape index (κ3) is 5.96. The van der Waals surface area contributed by atoms with Crippen LogP contribution in [0.1, 0.15) is 120 Å². The normalized spacial score (nSPS) is 26.6. The van der Waals surface area contributed by atoms with Crippen LogP contribution in [0.4, 0.5) is 0 Å². The molecule has 0 bridgehead atoms. The van der Waals surface area contributed by atoms with Crippen LogP contribution in [0.2, 0.25) is 0 Å². The SMILES string of the molecule is CCCCC1CCC(c2ccc(-c3ccc(C4CCC(CCC)CC4)nn3)cc2)CC1. The maximum atomic E-state index is 4.64. The van der Waals surface area contributed by atoms with Crippen molar-refractivity contribution in [2.24, 2.45) is 11.8 Å². The molecule has 0 amide bonds. The van der Waals surface area contributed by atoms with E-state index < -0.39 is 0 Å². The van der Waals surface area contributed by atoms with E-state index in [9.17, 15) is 0 Å². The number of benzene rings is 1. The van der Waals surface area contributed by atoms with E-state index in [4.69, 9.17) is 0 Å². The molecule has 2 aliphatic carbocycles. The fraction of sp³-hybridized carbons (Fsp3) is 0.655. The summed E-state index contributed by atoms with van der Waals surface area (Å²) in [6, 6.07) is 13.6. The lowest BCUT2D eigenvalue weighted by Gasteiger charge is -2.29. The summed E-state index contributed by atoms with van der Waals surface area (Å²) in [5, 5.41) is 9.25. The molecule has 0 N–H and O–H groups in total. The van der Waals surface area contributed by atoms with E-state index in [1.165, 1.54) is 100 Å². The molecular weight excluding hydrogens is 376 g/mol. The largest absolute Gasteiger partial charge is 0.155 e. The fourth-order valence-corrected chi connectivity index (χ4v) is 6.07. The lowest BCUT2D eigenvalue weighted by atomic mass is 9.77. The number of hydrogen-bond donors (Lipinski definition) is 0. The third-order valence-electron chi connectivity index (χ3n) is 8.14. The van der Waals surface area contributed by atoms with Gasteiger partial charge in [0.05, 0.1) is 11.4 Å². The van der Waals surface area contributed by atoms with E-state index in [2.05, 4.69) is 60.4 Å². The molecule has 2 fully saturated rings. The van der Waals surface area contributed by atoms with Crippen LogP contribution in [0.5, 0.6) is 0 Å². The standard InChI is InChI=1S/C29H42N2/c1-3-5-7-23-8-12-24(13-9-23)25-16-18-27(19-17-25)29-21-20-28(30-31-29)26-14-10-22(6-4-2)11-15-26/h16-24,26H,3-15H2,1-2H3. The maximum Gasteiger partial charge on any atom is 0.0929 e. The average molecular weight is 419 g/mol. The Kier molecular flexibility index (Phi) is 8.16. The van der Waals surface area contributed by atoms with Crippen LogP contribution >= 0.6 is 0 Å². The molecule has 1 aromatic heterocycles. The summed E-state index contributed by atoms with van der Waals surface area (Å²) in [5.74, 6) is 3.29. The van der Waals surface area contributed by atoms with Gasteiger partial charge >= 0.3 is 0 Å². The number of unbranched alkanes of at least 4 members (excludes halogenated alkanes) is 1. The summed E-state index contributed by atoms with van der Waals surface area (Å²) < 4.78 is 0. The van der Waals surface area contributed by atoms with Crippen molar-refractivity contribution >= 4 is 0 Å². The van der Waals surface area contributed by atoms with Crippen molar-refractivity contribution in [2.45, 2.75) is 109 Å². The molecule has 0 saturated heterocycles. The summed E-state index contributed by atoms with van der Waals surface area (Å²) in [6.07, 6.45) is 17.8. The maximum absolute atomic E-state index is 4.64. The van der Waals surface area contributed by atoms with Crippen LogP contribution in [0.15, 0.2) is 36.4 Å². The van der Waals surface area contributed by atoms with Gasteiger partial charge in [0.15, 0.2) is 0 Å². The molecule has 2 aromatic rings. The molecule has 0 spiro atoms. The van der Waals surface area contributed by atoms with Gasteiger partial charge in [-0.05, 0) is 86.8 Å². The van der Waals surface area contributed by atoms with Gasteiger partial charge in [-0.1, -0.05) is 70.2 Å². The second kappa shape index (κ2) is 11.2. The summed E-state index contributed by atoms with van der Waals surface area (Å²) >= 11 is 0. The van der Waals surface area contributed by atoms with Gasteiger partial charge in [-0.3, -0.25) is 0 Å². The zero-order chi connectivity index (χ0) is 21.5. The van der Waals surface area contributed by atoms with Crippen molar-refractivity contribution in [1.29, 1.82) is 0 Å². The molecule has 0 aliphatic heterocycles. The van der Waals surface area contributed by atoms with Gasteiger partial charge in [-0.2, -0.15) is 10.2 Å². The second-order valence-electron chi connectivity index (χ2n) is 10.3. The summed E-state index contributed by atoms with van der Waals surface area (Å²) in [7, 11) is 0. The first-order valence-corrected chi connectivity index (χ1v) is 13.2.